The van der Waals surface area contributed by atoms with Gasteiger partial charge in [-0.05, 0) is 25.0 Å². The molecule has 4 rings (SSSR count). The number of ether oxygens (including phenoxy) is 2. The van der Waals surface area contributed by atoms with Crippen LogP contribution >= 0.6 is 23.2 Å². The first-order valence-electron chi connectivity index (χ1n) is 12.7. The fourth-order valence-electron chi connectivity index (χ4n) is 3.06. The molecule has 0 aromatic carbocycles. The van der Waals surface area contributed by atoms with Crippen molar-refractivity contribution in [1.82, 2.24) is 35.3 Å². The molecular formula is C26H24Cl2F6N8O4. The molecule has 0 aliphatic carbocycles. The van der Waals surface area contributed by atoms with Gasteiger partial charge in [-0.1, -0.05) is 37.0 Å². The number of carbonyl (C=O) groups excluding carboxylic acids is 2. The van der Waals surface area contributed by atoms with Gasteiger partial charge in [0.1, 0.15) is 10.0 Å². The van der Waals surface area contributed by atoms with E-state index >= 15 is 0 Å². The zero-order valence-electron chi connectivity index (χ0n) is 24.2. The van der Waals surface area contributed by atoms with Crippen molar-refractivity contribution in [3.05, 3.63) is 69.2 Å². The summed E-state index contributed by atoms with van der Waals surface area (Å²) in [5.74, 6) is -0.154. The van der Waals surface area contributed by atoms with E-state index in [-0.39, 0.29) is 33.6 Å². The maximum absolute atomic E-state index is 12.6. The van der Waals surface area contributed by atoms with Crippen LogP contribution in [0.5, 0.6) is 23.5 Å². The first kappa shape index (κ1) is 37.5. The highest BCUT2D eigenvalue weighted by atomic mass is 35.5. The minimum atomic E-state index is -4.55. The number of carbonyl (C=O) groups is 1. The monoisotopic (exact) mass is 696 g/mol. The van der Waals surface area contributed by atoms with Crippen molar-refractivity contribution >= 4 is 35.3 Å². The number of isocyanates is 1. The number of aliphatic imine (C=N–C) groups is 1. The highest BCUT2D eigenvalue weighted by Gasteiger charge is 2.33. The Labute approximate surface area is 266 Å². The maximum Gasteiger partial charge on any atom is 0.417 e. The Balaban J connectivity index is 0.000000291. The fraction of sp³-hybridized carbons (Fsp3) is 0.308. The summed E-state index contributed by atoms with van der Waals surface area (Å²) in [6, 6.07) is 4.10. The molecule has 46 heavy (non-hydrogen) atoms. The molecule has 0 unspecified atom stereocenters. The third kappa shape index (κ3) is 10.7. The van der Waals surface area contributed by atoms with Crippen molar-refractivity contribution in [2.75, 3.05) is 14.1 Å². The van der Waals surface area contributed by atoms with Crippen LogP contribution in [0.15, 0.2) is 41.7 Å². The largest absolute Gasteiger partial charge is 0.417 e. The zero-order valence-corrected chi connectivity index (χ0v) is 25.7. The Kier molecular flexibility index (Phi) is 13.5. The van der Waals surface area contributed by atoms with Gasteiger partial charge >= 0.3 is 18.4 Å². The summed E-state index contributed by atoms with van der Waals surface area (Å²) < 4.78 is 86.5. The molecular weight excluding hydrogens is 673 g/mol. The molecule has 0 fully saturated rings. The Bertz CT molecular complexity index is 1670. The molecule has 4 heterocycles. The van der Waals surface area contributed by atoms with E-state index in [4.69, 9.17) is 37.5 Å². The normalized spacial score (nSPS) is 10.9. The average Bonchev–Trinajstić information content (AvgIpc) is 3.64. The lowest BCUT2D eigenvalue weighted by molar-refractivity contribution is -0.138. The van der Waals surface area contributed by atoms with Crippen molar-refractivity contribution in [2.45, 2.75) is 39.0 Å². The predicted octanol–water partition coefficient (Wildman–Crippen LogP) is 7.28. The molecule has 1 amide bonds. The number of rotatable bonds is 6. The van der Waals surface area contributed by atoms with Crippen LogP contribution in [0.3, 0.4) is 0 Å². The van der Waals surface area contributed by atoms with Crippen molar-refractivity contribution < 1.29 is 45.4 Å². The van der Waals surface area contributed by atoms with Crippen LogP contribution < -0.4 is 14.8 Å². The molecule has 0 radical (unpaired) electrons. The second kappa shape index (κ2) is 16.6. The van der Waals surface area contributed by atoms with Crippen LogP contribution in [-0.4, -0.2) is 56.2 Å². The Hall–Kier alpha value is -4.67. The van der Waals surface area contributed by atoms with Crippen LogP contribution in [0.1, 0.15) is 36.4 Å². The van der Waals surface area contributed by atoms with Crippen LogP contribution in [0, 0.1) is 0 Å². The van der Waals surface area contributed by atoms with E-state index in [1.54, 1.807) is 6.07 Å². The number of pyridine rings is 2. The third-order valence-electron chi connectivity index (χ3n) is 5.28. The summed E-state index contributed by atoms with van der Waals surface area (Å²) in [7, 11) is 2.82. The fourth-order valence-corrected chi connectivity index (χ4v) is 3.47. The van der Waals surface area contributed by atoms with Gasteiger partial charge in [-0.3, -0.25) is 5.10 Å². The lowest BCUT2D eigenvalue weighted by Crippen LogP contribution is -2.26. The lowest BCUT2D eigenvalue weighted by Gasteiger charge is -2.08. The molecule has 0 spiro atoms. The Morgan fingerprint density at radius 1 is 0.935 bits per heavy atom. The number of halogens is 8. The number of H-pyrrole nitrogens is 1. The number of nitrogens with zero attached hydrogens (tertiary/aromatic N) is 6. The molecule has 0 aliphatic heterocycles. The molecule has 2 N–H and O–H groups in total. The van der Waals surface area contributed by atoms with E-state index in [1.807, 2.05) is 13.8 Å². The van der Waals surface area contributed by atoms with Gasteiger partial charge in [-0.15, -0.1) is 10.2 Å². The Morgan fingerprint density at radius 2 is 1.43 bits per heavy atom. The topological polar surface area (TPSA) is 149 Å². The van der Waals surface area contributed by atoms with Gasteiger partial charge in [-0.2, -0.15) is 31.0 Å². The number of alkyl halides is 6. The van der Waals surface area contributed by atoms with Crippen LogP contribution in [0.4, 0.5) is 31.1 Å². The minimum absolute atomic E-state index is 0.000362. The highest BCUT2D eigenvalue weighted by molar-refractivity contribution is 6.32. The summed E-state index contributed by atoms with van der Waals surface area (Å²) >= 11 is 11.5. The van der Waals surface area contributed by atoms with E-state index in [0.29, 0.717) is 30.6 Å². The maximum atomic E-state index is 12.6. The second-order valence-corrected chi connectivity index (χ2v) is 9.23. The number of aromatic amines is 1. The zero-order chi connectivity index (χ0) is 34.7. The van der Waals surface area contributed by atoms with Gasteiger partial charge in [0.2, 0.25) is 29.6 Å². The van der Waals surface area contributed by atoms with E-state index in [9.17, 15) is 31.1 Å². The quantitative estimate of drug-likeness (QED) is 0.121. The van der Waals surface area contributed by atoms with Gasteiger partial charge in [-0.25, -0.2) is 24.5 Å². The van der Waals surface area contributed by atoms with Crippen molar-refractivity contribution in [1.29, 1.82) is 0 Å². The molecule has 20 heteroatoms. The average molecular weight is 697 g/mol. The Morgan fingerprint density at radius 3 is 1.80 bits per heavy atom. The van der Waals surface area contributed by atoms with Gasteiger partial charge in [0.25, 0.3) is 0 Å². The summed E-state index contributed by atoms with van der Waals surface area (Å²) in [5, 5.41) is 12.3. The van der Waals surface area contributed by atoms with E-state index < -0.39 is 29.5 Å². The molecule has 12 nitrogen and oxygen atoms in total. The smallest absolute Gasteiger partial charge is 0.417 e. The SMILES string of the molecule is CCc1cc(Oc2ncc(C(F)(F)F)cc2Cl)n[nH]1.CCc1cc(Oc2ncc(C(F)(F)F)cc2Cl)nn1C(=O)NC.CN=C=O. The summed E-state index contributed by atoms with van der Waals surface area (Å²) in [6.07, 6.45) is -5.24. The van der Waals surface area contributed by atoms with Gasteiger partial charge in [0.05, 0.1) is 16.8 Å². The molecule has 0 saturated heterocycles. The number of aryl methyl sites for hydroxylation is 2. The van der Waals surface area contributed by atoms with Gasteiger partial charge in [0, 0.05) is 44.3 Å². The molecule has 0 saturated carbocycles. The second-order valence-electron chi connectivity index (χ2n) is 8.42. The molecule has 248 valence electrons. The lowest BCUT2D eigenvalue weighted by atomic mass is 10.3. The number of hydrogen-bond donors (Lipinski definition) is 2. The van der Waals surface area contributed by atoms with Gasteiger partial charge in [0.15, 0.2) is 0 Å². The molecule has 4 aromatic rings. The van der Waals surface area contributed by atoms with Gasteiger partial charge < -0.3 is 14.8 Å². The van der Waals surface area contributed by atoms with Crippen LogP contribution in [0.25, 0.3) is 0 Å². The van der Waals surface area contributed by atoms with Crippen LogP contribution in [-0.2, 0) is 30.0 Å². The number of hydrogen-bond acceptors (Lipinski definition) is 9. The van der Waals surface area contributed by atoms with Crippen molar-refractivity contribution in [3.63, 3.8) is 0 Å². The molecule has 0 aliphatic rings. The van der Waals surface area contributed by atoms with Crippen LogP contribution in [0.2, 0.25) is 10.0 Å². The van der Waals surface area contributed by atoms with E-state index in [1.165, 1.54) is 26.2 Å². The van der Waals surface area contributed by atoms with Crippen molar-refractivity contribution in [2.24, 2.45) is 4.99 Å². The first-order chi connectivity index (χ1) is 21.6. The van der Waals surface area contributed by atoms with E-state index in [2.05, 4.69) is 35.6 Å². The third-order valence-corrected chi connectivity index (χ3v) is 5.82. The summed E-state index contributed by atoms with van der Waals surface area (Å²) in [6.45, 7) is 3.73. The summed E-state index contributed by atoms with van der Waals surface area (Å²) in [4.78, 5) is 30.6. The van der Waals surface area contributed by atoms with Crippen molar-refractivity contribution in [3.8, 4) is 23.5 Å². The molecule has 0 bridgehead atoms. The first-order valence-corrected chi connectivity index (χ1v) is 13.5. The number of aromatic nitrogens is 6. The van der Waals surface area contributed by atoms with E-state index in [0.717, 1.165) is 22.9 Å². The standard InChI is InChI=1S/C13H12ClF3N4O2.C11H9ClF3N3O.C2H3NO/c1-3-8-5-10(20-21(8)12(22)18-2)23-11-9(14)4-7(6-19-11)13(15,16)17;1-2-7-4-9(18-17-7)19-10-8(12)3-6(5-16-10)11(13,14)15;1-3-2-4/h4-6H,3H2,1-2H3,(H,18,22);3-5H,2H2,1H3,(H,17,18);1H3. The number of amides is 1. The molecule has 4 aromatic heterocycles. The minimum Gasteiger partial charge on any atom is -0.417 e. The molecule has 0 atom stereocenters. The summed E-state index contributed by atoms with van der Waals surface area (Å²) in [5.41, 5.74) is -0.526. The predicted molar refractivity (Wildman–Crippen MR) is 152 cm³/mol. The number of nitrogens with one attached hydrogen (secondary N) is 2. The highest BCUT2D eigenvalue weighted by Crippen LogP contribution is 2.35.